The van der Waals surface area contributed by atoms with Crippen LogP contribution in [0.3, 0.4) is 0 Å². The summed E-state index contributed by atoms with van der Waals surface area (Å²) in [6.45, 7) is 5.84. The quantitative estimate of drug-likeness (QED) is 0.849. The van der Waals surface area contributed by atoms with Gasteiger partial charge < -0.3 is 14.5 Å². The van der Waals surface area contributed by atoms with E-state index in [0.717, 1.165) is 38.4 Å². The number of fused-ring (bicyclic) bond motifs is 1. The molecule has 4 rings (SSSR count). The zero-order valence-corrected chi connectivity index (χ0v) is 14.4. The average Bonchev–Trinajstić information content (AvgIpc) is 2.61. The van der Waals surface area contributed by atoms with Gasteiger partial charge in [-0.25, -0.2) is 9.97 Å². The fraction of sp³-hybridized carbons (Fsp3) is 0.474. The lowest BCUT2D eigenvalue weighted by Crippen LogP contribution is -2.44. The molecular formula is C19H24N4O. The van der Waals surface area contributed by atoms with E-state index < -0.39 is 0 Å². The maximum Gasteiger partial charge on any atom is 0.136 e. The van der Waals surface area contributed by atoms with Crippen molar-refractivity contribution in [2.45, 2.75) is 32.1 Å². The van der Waals surface area contributed by atoms with Gasteiger partial charge in [0.2, 0.25) is 0 Å². The average molecular weight is 324 g/mol. The number of benzene rings is 1. The first-order valence-corrected chi connectivity index (χ1v) is 8.67. The highest BCUT2D eigenvalue weighted by Crippen LogP contribution is 2.31. The molecule has 0 saturated carbocycles. The molecule has 1 saturated heterocycles. The van der Waals surface area contributed by atoms with Crippen molar-refractivity contribution < 1.29 is 4.74 Å². The topological polar surface area (TPSA) is 41.5 Å². The number of aromatic nitrogens is 2. The molecule has 0 spiro atoms. The van der Waals surface area contributed by atoms with Gasteiger partial charge in [0.05, 0.1) is 11.8 Å². The maximum atomic E-state index is 6.19. The van der Waals surface area contributed by atoms with Crippen molar-refractivity contribution in [2.75, 3.05) is 31.6 Å². The van der Waals surface area contributed by atoms with E-state index in [9.17, 15) is 0 Å². The third-order valence-corrected chi connectivity index (χ3v) is 4.90. The largest absolute Gasteiger partial charge is 0.367 e. The monoisotopic (exact) mass is 324 g/mol. The first kappa shape index (κ1) is 15.5. The molecule has 2 unspecified atom stereocenters. The molecule has 0 aliphatic carbocycles. The number of hydrogen-bond acceptors (Lipinski definition) is 5. The van der Waals surface area contributed by atoms with Gasteiger partial charge in [-0.2, -0.15) is 0 Å². The number of anilines is 1. The molecule has 5 nitrogen and oxygen atoms in total. The van der Waals surface area contributed by atoms with Gasteiger partial charge in [0.25, 0.3) is 0 Å². The molecule has 1 fully saturated rings. The Bertz CT molecular complexity index is 706. The zero-order chi connectivity index (χ0) is 16.5. The fourth-order valence-electron chi connectivity index (χ4n) is 3.71. The van der Waals surface area contributed by atoms with Crippen LogP contribution in [0.25, 0.3) is 0 Å². The molecule has 126 valence electrons. The summed E-state index contributed by atoms with van der Waals surface area (Å²) in [6, 6.07) is 10.5. The SMILES string of the molecule is CC1CN(c2ncnc3c2CN(C)CC3)CC(c2ccccc2)O1. The van der Waals surface area contributed by atoms with Crippen LogP contribution >= 0.6 is 0 Å². The highest BCUT2D eigenvalue weighted by Gasteiger charge is 2.30. The third-order valence-electron chi connectivity index (χ3n) is 4.90. The lowest BCUT2D eigenvalue weighted by molar-refractivity contribution is -0.0177. The lowest BCUT2D eigenvalue weighted by Gasteiger charge is -2.39. The fourth-order valence-corrected chi connectivity index (χ4v) is 3.71. The molecule has 0 N–H and O–H groups in total. The molecule has 0 bridgehead atoms. The van der Waals surface area contributed by atoms with Gasteiger partial charge in [0.15, 0.2) is 0 Å². The first-order valence-electron chi connectivity index (χ1n) is 8.67. The minimum Gasteiger partial charge on any atom is -0.367 e. The van der Waals surface area contributed by atoms with E-state index in [1.165, 1.54) is 16.8 Å². The highest BCUT2D eigenvalue weighted by molar-refractivity contribution is 5.50. The Kier molecular flexibility index (Phi) is 4.21. The van der Waals surface area contributed by atoms with Gasteiger partial charge in [0, 0.05) is 38.2 Å². The van der Waals surface area contributed by atoms with Crippen molar-refractivity contribution in [1.82, 2.24) is 14.9 Å². The van der Waals surface area contributed by atoms with Gasteiger partial charge in [-0.1, -0.05) is 30.3 Å². The van der Waals surface area contributed by atoms with E-state index in [0.29, 0.717) is 0 Å². The standard InChI is InChI=1S/C19H24N4O/c1-14-10-23(12-18(24-14)15-6-4-3-5-7-15)19-16-11-22(2)9-8-17(16)20-13-21-19/h3-7,13-14,18H,8-12H2,1-2H3. The van der Waals surface area contributed by atoms with Crippen molar-refractivity contribution in [1.29, 1.82) is 0 Å². The highest BCUT2D eigenvalue weighted by atomic mass is 16.5. The Morgan fingerprint density at radius 3 is 2.79 bits per heavy atom. The van der Waals surface area contributed by atoms with Crippen molar-refractivity contribution >= 4 is 5.82 Å². The van der Waals surface area contributed by atoms with Crippen molar-refractivity contribution in [3.05, 3.63) is 53.5 Å². The number of rotatable bonds is 2. The minimum absolute atomic E-state index is 0.0851. The van der Waals surface area contributed by atoms with E-state index in [4.69, 9.17) is 4.74 Å². The molecule has 2 atom stereocenters. The number of hydrogen-bond donors (Lipinski definition) is 0. The Balaban J connectivity index is 1.64. The third kappa shape index (κ3) is 3.01. The summed E-state index contributed by atoms with van der Waals surface area (Å²) in [6.07, 6.45) is 2.98. The molecule has 5 heteroatoms. The predicted octanol–water partition coefficient (Wildman–Crippen LogP) is 2.43. The normalized spacial score (nSPS) is 24.7. The van der Waals surface area contributed by atoms with E-state index >= 15 is 0 Å². The molecule has 2 aliphatic rings. The Morgan fingerprint density at radius 2 is 1.96 bits per heavy atom. The van der Waals surface area contributed by atoms with E-state index in [-0.39, 0.29) is 12.2 Å². The first-order chi connectivity index (χ1) is 11.7. The number of morpholine rings is 1. The number of likely N-dealkylation sites (N-methyl/N-ethyl adjacent to an activating group) is 1. The van der Waals surface area contributed by atoms with Crippen LogP contribution in [0.2, 0.25) is 0 Å². The second-order valence-corrected chi connectivity index (χ2v) is 6.86. The maximum absolute atomic E-state index is 6.19. The molecule has 1 aromatic carbocycles. The summed E-state index contributed by atoms with van der Waals surface area (Å²) in [4.78, 5) is 13.9. The van der Waals surface area contributed by atoms with Crippen LogP contribution in [0.5, 0.6) is 0 Å². The predicted molar refractivity (Wildman–Crippen MR) is 94.0 cm³/mol. The Labute approximate surface area is 143 Å². The van der Waals surface area contributed by atoms with Crippen molar-refractivity contribution in [3.63, 3.8) is 0 Å². The molecule has 2 aliphatic heterocycles. The lowest BCUT2D eigenvalue weighted by atomic mass is 10.0. The second-order valence-electron chi connectivity index (χ2n) is 6.86. The molecule has 2 aromatic rings. The summed E-state index contributed by atoms with van der Waals surface area (Å²) >= 11 is 0. The molecule has 1 aromatic heterocycles. The van der Waals surface area contributed by atoms with Crippen LogP contribution in [0.15, 0.2) is 36.7 Å². The number of ether oxygens (including phenoxy) is 1. The van der Waals surface area contributed by atoms with Crippen LogP contribution in [0.1, 0.15) is 29.8 Å². The Morgan fingerprint density at radius 1 is 1.12 bits per heavy atom. The summed E-state index contributed by atoms with van der Waals surface area (Å²) in [7, 11) is 2.16. The summed E-state index contributed by atoms with van der Waals surface area (Å²) in [5.41, 5.74) is 3.72. The molecule has 0 radical (unpaired) electrons. The van der Waals surface area contributed by atoms with Gasteiger partial charge in [-0.05, 0) is 19.5 Å². The molecule has 24 heavy (non-hydrogen) atoms. The van der Waals surface area contributed by atoms with Crippen LogP contribution < -0.4 is 4.90 Å². The van der Waals surface area contributed by atoms with E-state index in [2.05, 4.69) is 58.0 Å². The van der Waals surface area contributed by atoms with E-state index in [1.54, 1.807) is 6.33 Å². The van der Waals surface area contributed by atoms with E-state index in [1.807, 2.05) is 6.07 Å². The van der Waals surface area contributed by atoms with Gasteiger partial charge >= 0.3 is 0 Å². The number of nitrogens with zero attached hydrogens (tertiary/aromatic N) is 4. The summed E-state index contributed by atoms with van der Waals surface area (Å²) < 4.78 is 6.19. The van der Waals surface area contributed by atoms with Crippen LogP contribution in [-0.2, 0) is 17.7 Å². The van der Waals surface area contributed by atoms with Crippen LogP contribution in [-0.4, -0.2) is 47.7 Å². The summed E-state index contributed by atoms with van der Waals surface area (Å²) in [5.74, 6) is 1.09. The minimum atomic E-state index is 0.0851. The van der Waals surface area contributed by atoms with Gasteiger partial charge in [-0.15, -0.1) is 0 Å². The molecular weight excluding hydrogens is 300 g/mol. The molecule has 3 heterocycles. The Hall–Kier alpha value is -1.98. The second kappa shape index (κ2) is 6.49. The summed E-state index contributed by atoms with van der Waals surface area (Å²) in [5, 5.41) is 0. The van der Waals surface area contributed by atoms with Crippen molar-refractivity contribution in [2.24, 2.45) is 0 Å². The van der Waals surface area contributed by atoms with Crippen molar-refractivity contribution in [3.8, 4) is 0 Å². The van der Waals surface area contributed by atoms with Crippen LogP contribution in [0, 0.1) is 0 Å². The molecule has 0 amide bonds. The smallest absolute Gasteiger partial charge is 0.136 e. The van der Waals surface area contributed by atoms with Gasteiger partial charge in [0.1, 0.15) is 18.2 Å². The van der Waals surface area contributed by atoms with Gasteiger partial charge in [-0.3, -0.25) is 0 Å². The van der Waals surface area contributed by atoms with Crippen LogP contribution in [0.4, 0.5) is 5.82 Å². The zero-order valence-electron chi connectivity index (χ0n) is 14.4.